The van der Waals surface area contributed by atoms with Crippen LogP contribution in [0.2, 0.25) is 10.0 Å². The van der Waals surface area contributed by atoms with Crippen LogP contribution in [0.1, 0.15) is 35.7 Å². The number of alkyl halides is 3. The van der Waals surface area contributed by atoms with Gasteiger partial charge in [-0.2, -0.15) is 13.2 Å². The Morgan fingerprint density at radius 3 is 2.26 bits per heavy atom. The molecule has 1 saturated heterocycles. The molecule has 2 aromatic rings. The smallest absolute Gasteiger partial charge is 0.388 e. The molecular formula is C23H23Cl2F4N3O3. The third-order valence-electron chi connectivity index (χ3n) is 5.77. The number of rotatable bonds is 5. The number of nitrogens with zero attached hydrogens (tertiary/aromatic N) is 2. The van der Waals surface area contributed by atoms with Crippen LogP contribution in [0.4, 0.5) is 28.0 Å². The van der Waals surface area contributed by atoms with Gasteiger partial charge in [-0.05, 0) is 56.2 Å². The molecular weight excluding hydrogens is 513 g/mol. The first kappa shape index (κ1) is 27.0. The molecule has 3 rings (SSSR count). The van der Waals surface area contributed by atoms with Crippen LogP contribution >= 0.6 is 23.2 Å². The van der Waals surface area contributed by atoms with Crippen LogP contribution in [-0.4, -0.2) is 58.6 Å². The van der Waals surface area contributed by atoms with Crippen LogP contribution in [0.15, 0.2) is 36.4 Å². The van der Waals surface area contributed by atoms with E-state index in [0.29, 0.717) is 33.9 Å². The van der Waals surface area contributed by atoms with Crippen LogP contribution < -0.4 is 5.32 Å². The highest BCUT2D eigenvalue weighted by Gasteiger charge is 2.38. The number of carbonyl (C=O) groups excluding carboxylic acids is 2. The lowest BCUT2D eigenvalue weighted by molar-refractivity contribution is -0.137. The average Bonchev–Trinajstić information content (AvgIpc) is 2.76. The van der Waals surface area contributed by atoms with Crippen LogP contribution in [-0.2, 0) is 6.18 Å². The summed E-state index contributed by atoms with van der Waals surface area (Å²) in [6.07, 6.45) is -4.53. The molecule has 3 amide bonds. The van der Waals surface area contributed by atoms with E-state index in [1.54, 1.807) is 6.92 Å². The molecule has 0 unspecified atom stereocenters. The van der Waals surface area contributed by atoms with Crippen molar-refractivity contribution in [2.45, 2.75) is 31.5 Å². The Labute approximate surface area is 209 Å². The summed E-state index contributed by atoms with van der Waals surface area (Å²) in [4.78, 5) is 28.0. The van der Waals surface area contributed by atoms with Crippen molar-refractivity contribution < 1.29 is 32.3 Å². The number of hydrogen-bond donors (Lipinski definition) is 2. The molecule has 2 N–H and O–H groups in total. The van der Waals surface area contributed by atoms with Crippen molar-refractivity contribution in [3.05, 3.63) is 63.4 Å². The van der Waals surface area contributed by atoms with E-state index in [0.717, 1.165) is 4.90 Å². The lowest BCUT2D eigenvalue weighted by Crippen LogP contribution is -2.53. The lowest BCUT2D eigenvalue weighted by atomic mass is 9.90. The predicted molar refractivity (Wildman–Crippen MR) is 124 cm³/mol. The highest BCUT2D eigenvalue weighted by molar-refractivity contribution is 6.35. The lowest BCUT2D eigenvalue weighted by Gasteiger charge is -2.40. The Kier molecular flexibility index (Phi) is 8.18. The van der Waals surface area contributed by atoms with E-state index in [1.165, 1.54) is 23.1 Å². The van der Waals surface area contributed by atoms with E-state index in [4.69, 9.17) is 23.2 Å². The van der Waals surface area contributed by atoms with E-state index in [9.17, 15) is 32.3 Å². The minimum Gasteiger partial charge on any atom is -0.388 e. The quantitative estimate of drug-likeness (QED) is 0.484. The van der Waals surface area contributed by atoms with Gasteiger partial charge in [0.25, 0.3) is 5.91 Å². The van der Waals surface area contributed by atoms with E-state index < -0.39 is 40.7 Å². The minimum atomic E-state index is -4.73. The second-order valence-corrected chi connectivity index (χ2v) is 9.18. The Morgan fingerprint density at radius 1 is 1.11 bits per heavy atom. The number of likely N-dealkylation sites (N-methyl/N-ethyl adjacent to an activating group) is 1. The summed E-state index contributed by atoms with van der Waals surface area (Å²) in [5.74, 6) is -2.04. The number of piperidine rings is 1. The fourth-order valence-electron chi connectivity index (χ4n) is 3.83. The van der Waals surface area contributed by atoms with E-state index in [2.05, 4.69) is 5.32 Å². The van der Waals surface area contributed by atoms with Gasteiger partial charge in [-0.15, -0.1) is 0 Å². The number of aliphatic hydroxyl groups is 1. The minimum absolute atomic E-state index is 0.0382. The van der Waals surface area contributed by atoms with Gasteiger partial charge < -0.3 is 20.2 Å². The molecule has 1 aliphatic heterocycles. The van der Waals surface area contributed by atoms with Crippen molar-refractivity contribution in [2.75, 3.05) is 31.5 Å². The van der Waals surface area contributed by atoms with Gasteiger partial charge in [0.1, 0.15) is 5.82 Å². The fraction of sp³-hybridized carbons (Fsp3) is 0.391. The molecule has 0 aromatic heterocycles. The topological polar surface area (TPSA) is 72.9 Å². The maximum atomic E-state index is 14.2. The summed E-state index contributed by atoms with van der Waals surface area (Å²) in [6.45, 7) is 1.69. The monoisotopic (exact) mass is 535 g/mol. The molecule has 35 heavy (non-hydrogen) atoms. The van der Waals surface area contributed by atoms with Gasteiger partial charge in [0.05, 0.1) is 16.7 Å². The van der Waals surface area contributed by atoms with Gasteiger partial charge in [0.15, 0.2) is 0 Å². The van der Waals surface area contributed by atoms with Gasteiger partial charge in [-0.1, -0.05) is 23.2 Å². The van der Waals surface area contributed by atoms with Crippen molar-refractivity contribution in [1.29, 1.82) is 0 Å². The number of benzene rings is 2. The molecule has 0 bridgehead atoms. The van der Waals surface area contributed by atoms with Crippen LogP contribution in [0.3, 0.4) is 0 Å². The summed E-state index contributed by atoms with van der Waals surface area (Å²) in [6, 6.07) is 5.79. The summed E-state index contributed by atoms with van der Waals surface area (Å²) in [5.41, 5.74) is -2.86. The number of hydrogen-bond acceptors (Lipinski definition) is 3. The molecule has 0 aliphatic carbocycles. The largest absolute Gasteiger partial charge is 0.416 e. The third-order valence-corrected chi connectivity index (χ3v) is 6.21. The number of halogens is 6. The summed E-state index contributed by atoms with van der Waals surface area (Å²) in [7, 11) is 0. The van der Waals surface area contributed by atoms with Crippen LogP contribution in [0, 0.1) is 5.82 Å². The number of likely N-dealkylation sites (tertiary alicyclic amines) is 1. The standard InChI is InChI=1S/C23H23Cl2F4N3O3/c1-2-31(20(33)18-9-14(23(27,28)29)3-4-19(18)26)13-22(35)5-7-32(8-6-22)21(34)30-17-11-15(24)10-16(25)12-17/h3-4,9-12,35H,2,5-8,13H2,1H3,(H,30,34). The van der Waals surface area contributed by atoms with Crippen LogP contribution in [0.5, 0.6) is 0 Å². The normalized spacial score (nSPS) is 15.6. The zero-order valence-corrected chi connectivity index (χ0v) is 20.1. The van der Waals surface area contributed by atoms with Gasteiger partial charge in [-0.25, -0.2) is 9.18 Å². The molecule has 190 valence electrons. The number of amides is 3. The summed E-state index contributed by atoms with van der Waals surface area (Å²) in [5, 5.41) is 14.4. The first-order valence-electron chi connectivity index (χ1n) is 10.7. The fourth-order valence-corrected chi connectivity index (χ4v) is 4.36. The molecule has 6 nitrogen and oxygen atoms in total. The Balaban J connectivity index is 1.65. The van der Waals surface area contributed by atoms with Gasteiger partial charge >= 0.3 is 12.2 Å². The first-order chi connectivity index (χ1) is 16.3. The van der Waals surface area contributed by atoms with E-state index >= 15 is 0 Å². The second-order valence-electron chi connectivity index (χ2n) is 8.31. The molecule has 1 fully saturated rings. The molecule has 1 heterocycles. The van der Waals surface area contributed by atoms with Gasteiger partial charge in [0, 0.05) is 41.9 Å². The number of nitrogens with one attached hydrogen (secondary N) is 1. The van der Waals surface area contributed by atoms with Crippen molar-refractivity contribution in [1.82, 2.24) is 9.80 Å². The van der Waals surface area contributed by atoms with Crippen molar-refractivity contribution in [2.24, 2.45) is 0 Å². The highest BCUT2D eigenvalue weighted by atomic mass is 35.5. The maximum absolute atomic E-state index is 14.2. The van der Waals surface area contributed by atoms with Gasteiger partial charge in [-0.3, -0.25) is 4.79 Å². The molecule has 12 heteroatoms. The van der Waals surface area contributed by atoms with Gasteiger partial charge in [0.2, 0.25) is 0 Å². The molecule has 0 atom stereocenters. The number of anilines is 1. The molecule has 0 saturated carbocycles. The predicted octanol–water partition coefficient (Wildman–Crippen LogP) is 5.67. The first-order valence-corrected chi connectivity index (χ1v) is 11.5. The third kappa shape index (κ3) is 6.77. The average molecular weight is 536 g/mol. The zero-order valence-electron chi connectivity index (χ0n) is 18.6. The maximum Gasteiger partial charge on any atom is 0.416 e. The second kappa shape index (κ2) is 10.6. The molecule has 1 aliphatic rings. The Bertz CT molecular complexity index is 1090. The van der Waals surface area contributed by atoms with E-state index in [1.807, 2.05) is 0 Å². The number of carbonyl (C=O) groups is 2. The highest BCUT2D eigenvalue weighted by Crippen LogP contribution is 2.31. The van der Waals surface area contributed by atoms with Crippen molar-refractivity contribution in [3.8, 4) is 0 Å². The molecule has 0 radical (unpaired) electrons. The van der Waals surface area contributed by atoms with E-state index in [-0.39, 0.29) is 39.0 Å². The Hall–Kier alpha value is -2.56. The summed E-state index contributed by atoms with van der Waals surface area (Å²) >= 11 is 11.9. The van der Waals surface area contributed by atoms with Crippen LogP contribution in [0.25, 0.3) is 0 Å². The zero-order chi connectivity index (χ0) is 26.0. The van der Waals surface area contributed by atoms with Crippen molar-refractivity contribution >= 4 is 40.8 Å². The molecule has 2 aromatic carbocycles. The Morgan fingerprint density at radius 2 is 1.71 bits per heavy atom. The number of urea groups is 1. The summed E-state index contributed by atoms with van der Waals surface area (Å²) < 4.78 is 53.3. The molecule has 0 spiro atoms. The van der Waals surface area contributed by atoms with Crippen molar-refractivity contribution in [3.63, 3.8) is 0 Å². The SMILES string of the molecule is CCN(CC1(O)CCN(C(=O)Nc2cc(Cl)cc(Cl)c2)CC1)C(=O)c1cc(C(F)(F)F)ccc1F.